The molecule has 0 saturated carbocycles. The first-order valence-electron chi connectivity index (χ1n) is 1.46. The Morgan fingerprint density at radius 1 is 0.833 bits per heavy atom. The van der Waals surface area contributed by atoms with Gasteiger partial charge in [-0.05, 0) is 0 Å². The minimum atomic E-state index is -5.68. The van der Waals surface area contributed by atoms with Gasteiger partial charge in [0.25, 0.3) is 0 Å². The van der Waals surface area contributed by atoms with Crippen LogP contribution in [0.1, 0.15) is 0 Å². The van der Waals surface area contributed by atoms with Gasteiger partial charge in [0.1, 0.15) is 0 Å². The predicted molar refractivity (Wildman–Crippen MR) is 16.3 cm³/mol. The van der Waals surface area contributed by atoms with E-state index in [0.717, 1.165) is 0 Å². The molecule has 0 amide bonds. The molecule has 0 saturated heterocycles. The molecule has 0 fully saturated rings. The van der Waals surface area contributed by atoms with Crippen LogP contribution in [0.2, 0.25) is 0 Å². The summed E-state index contributed by atoms with van der Waals surface area (Å²) in [6, 6.07) is 0. The number of hydrogen-bond donors (Lipinski definition) is 0. The van der Waals surface area contributed by atoms with Gasteiger partial charge < -0.3 is 33.0 Å². The van der Waals surface area contributed by atoms with Crippen LogP contribution in [0, 0.1) is 0 Å². The van der Waals surface area contributed by atoms with Crippen LogP contribution in [-0.2, 0) is 30.5 Å². The van der Waals surface area contributed by atoms with Crippen molar-refractivity contribution in [3.63, 3.8) is 0 Å². The zero-order valence-corrected chi connectivity index (χ0v) is 13.1. The molecule has 7 nitrogen and oxygen atoms in total. The maximum atomic E-state index is 9.32. The van der Waals surface area contributed by atoms with Crippen molar-refractivity contribution in [1.82, 2.24) is 0 Å². The molecule has 0 N–H and O–H groups in total. The molecule has 12 heavy (non-hydrogen) atoms. The molecule has 0 aromatic heterocycles. The first-order valence-corrected chi connectivity index (χ1v) is 4.38. The maximum Gasteiger partial charge on any atom is 2.00 e. The van der Waals surface area contributed by atoms with E-state index in [1.54, 1.807) is 0 Å². The summed E-state index contributed by atoms with van der Waals surface area (Å²) in [5.41, 5.74) is 0. The van der Waals surface area contributed by atoms with Gasteiger partial charge >= 0.3 is 76.2 Å². The Morgan fingerprint density at radius 2 is 1.00 bits per heavy atom. The molecule has 0 bridgehead atoms. The van der Waals surface area contributed by atoms with Crippen LogP contribution in [0.5, 0.6) is 0 Å². The van der Waals surface area contributed by atoms with Crippen LogP contribution in [0.4, 0.5) is 0 Å². The van der Waals surface area contributed by atoms with Crippen LogP contribution in [0.15, 0.2) is 0 Å². The van der Waals surface area contributed by atoms with Crippen LogP contribution < -0.4 is 78.7 Å². The largest absolute Gasteiger partial charge is 2.00 e. The first-order chi connectivity index (χ1) is 3.71. The molecular formula is MnNa2O7P2. The fraction of sp³-hybridized carbons (Fsp3) is 0. The van der Waals surface area contributed by atoms with Crippen LogP contribution in [0.25, 0.3) is 0 Å². The van der Waals surface area contributed by atoms with Crippen molar-refractivity contribution in [2.45, 2.75) is 0 Å². The third kappa shape index (κ3) is 23.0. The Kier molecular flexibility index (Phi) is 18.2. The smallest absolute Gasteiger partial charge is 0.790 e. The normalized spacial score (nSPS) is 10.3. The molecule has 12 heteroatoms. The minimum Gasteiger partial charge on any atom is -0.790 e. The third-order valence-corrected chi connectivity index (χ3v) is 1.80. The quantitative estimate of drug-likeness (QED) is 0.360. The third-order valence-electron chi connectivity index (χ3n) is 0.200. The van der Waals surface area contributed by atoms with Crippen molar-refractivity contribution in [2.24, 2.45) is 0 Å². The van der Waals surface area contributed by atoms with E-state index in [1.165, 1.54) is 0 Å². The van der Waals surface area contributed by atoms with Crippen molar-refractivity contribution in [3.8, 4) is 0 Å². The average Bonchev–Trinajstić information content (AvgIpc) is 1.14. The monoisotopic (exact) mass is 275 g/mol. The number of rotatable bonds is 2. The minimum absolute atomic E-state index is 0. The Labute approximate surface area is 123 Å². The van der Waals surface area contributed by atoms with E-state index in [0.29, 0.717) is 0 Å². The molecular weight excluding hydrogens is 275 g/mol. The molecule has 0 unspecified atom stereocenters. The molecule has 0 rings (SSSR count). The van der Waals surface area contributed by atoms with Crippen LogP contribution in [-0.4, -0.2) is 0 Å². The molecule has 0 aromatic rings. The summed E-state index contributed by atoms with van der Waals surface area (Å²) < 4.78 is 21.2. The second-order valence-electron chi connectivity index (χ2n) is 0.976. The van der Waals surface area contributed by atoms with Gasteiger partial charge in [-0.15, -0.1) is 0 Å². The SMILES string of the molecule is O=P([O-])([O-])OP(=O)([O-])[O-].[Mn+2].[Na+].[Na+]. The maximum absolute atomic E-state index is 9.32. The fourth-order valence-electron chi connectivity index (χ4n) is 0.122. The van der Waals surface area contributed by atoms with Gasteiger partial charge in [0.2, 0.25) is 0 Å². The predicted octanol–water partition coefficient (Wildman–Crippen LogP) is -9.33. The van der Waals surface area contributed by atoms with Crippen molar-refractivity contribution >= 4 is 15.6 Å². The summed E-state index contributed by atoms with van der Waals surface area (Å²) in [6.45, 7) is 0. The molecule has 0 aliphatic heterocycles. The van der Waals surface area contributed by atoms with Crippen molar-refractivity contribution in [2.75, 3.05) is 0 Å². The van der Waals surface area contributed by atoms with E-state index < -0.39 is 15.6 Å². The van der Waals surface area contributed by atoms with E-state index in [4.69, 9.17) is 0 Å². The van der Waals surface area contributed by atoms with Crippen molar-refractivity contribution in [1.29, 1.82) is 0 Å². The van der Waals surface area contributed by atoms with Gasteiger partial charge in [-0.3, -0.25) is 0 Å². The first kappa shape index (κ1) is 24.2. The summed E-state index contributed by atoms with van der Waals surface area (Å²) >= 11 is 0. The average molecular weight is 275 g/mol. The Morgan fingerprint density at radius 3 is 1.00 bits per heavy atom. The van der Waals surface area contributed by atoms with Crippen LogP contribution in [0.3, 0.4) is 0 Å². The zero-order valence-electron chi connectivity index (χ0n) is 6.13. The molecule has 61 valence electrons. The van der Waals surface area contributed by atoms with E-state index in [-0.39, 0.29) is 76.2 Å². The zero-order chi connectivity index (χ0) is 7.71. The molecule has 0 atom stereocenters. The van der Waals surface area contributed by atoms with Gasteiger partial charge in [-0.1, -0.05) is 0 Å². The topological polar surface area (TPSA) is 136 Å². The fourth-order valence-corrected chi connectivity index (χ4v) is 1.10. The van der Waals surface area contributed by atoms with E-state index in [9.17, 15) is 28.7 Å². The molecule has 0 spiro atoms. The summed E-state index contributed by atoms with van der Waals surface area (Å²) in [7, 11) is -11.4. The van der Waals surface area contributed by atoms with Crippen molar-refractivity contribution < 1.29 is 109 Å². The van der Waals surface area contributed by atoms with Gasteiger partial charge in [0.05, 0.1) is 15.6 Å². The summed E-state index contributed by atoms with van der Waals surface area (Å²) in [6.07, 6.45) is 0. The second-order valence-corrected chi connectivity index (χ2v) is 3.42. The number of phosphoric acid groups is 2. The standard InChI is InChI=1S/Mn.2Na.H4O7P2/c;;;1-8(2,3)7-9(4,5)6/h;;;(H2,1,2,3)(H2,4,5,6)/q+2;2*+1;/p-4. The van der Waals surface area contributed by atoms with E-state index in [2.05, 4.69) is 4.31 Å². The van der Waals surface area contributed by atoms with Crippen molar-refractivity contribution in [3.05, 3.63) is 0 Å². The summed E-state index contributed by atoms with van der Waals surface area (Å²) in [5.74, 6) is 0. The van der Waals surface area contributed by atoms with Gasteiger partial charge in [-0.25, -0.2) is 0 Å². The summed E-state index contributed by atoms with van der Waals surface area (Å²) in [5, 5.41) is 0. The number of hydrogen-bond acceptors (Lipinski definition) is 7. The van der Waals surface area contributed by atoms with E-state index in [1.807, 2.05) is 0 Å². The molecule has 0 heterocycles. The molecule has 0 aliphatic carbocycles. The van der Waals surface area contributed by atoms with Gasteiger partial charge in [-0.2, -0.15) is 0 Å². The Bertz CT molecular complexity index is 160. The van der Waals surface area contributed by atoms with Gasteiger partial charge in [0, 0.05) is 0 Å². The van der Waals surface area contributed by atoms with E-state index >= 15 is 0 Å². The summed E-state index contributed by atoms with van der Waals surface area (Å²) in [4.78, 5) is 37.3. The van der Waals surface area contributed by atoms with Crippen LogP contribution >= 0.6 is 15.6 Å². The molecule has 0 aliphatic rings. The van der Waals surface area contributed by atoms with Gasteiger partial charge in [0.15, 0.2) is 0 Å². The molecule has 0 aromatic carbocycles. The second kappa shape index (κ2) is 9.04. The Balaban J connectivity index is -0.000000107. The molecule has 1 radical (unpaired) electrons. The Hall–Kier alpha value is 2.78.